The van der Waals surface area contributed by atoms with Crippen molar-refractivity contribution in [3.05, 3.63) is 22.2 Å². The average Bonchev–Trinajstić information content (AvgIpc) is 2.33. The molecule has 62 valence electrons. The van der Waals surface area contributed by atoms with Gasteiger partial charge in [-0.1, -0.05) is 28.1 Å². The fourth-order valence-electron chi connectivity index (χ4n) is 1.15. The number of halogens is 1. The van der Waals surface area contributed by atoms with Gasteiger partial charge in [0.2, 0.25) is 0 Å². The molecule has 11 heavy (non-hydrogen) atoms. The zero-order valence-electron chi connectivity index (χ0n) is 7.26. The molecule has 0 aromatic carbocycles. The van der Waals surface area contributed by atoms with Crippen molar-refractivity contribution < 1.29 is 0 Å². The number of hydrogen-bond acceptors (Lipinski definition) is 1. The standard InChI is InChI=1S/C9H14BrN/c1-7(11(2)3)8-5-4-6-9(8)10/h5-7H,4H2,1-3H3/t7-/m1/s1. The number of allylic oxidation sites excluding steroid dienone is 2. The molecule has 1 aliphatic carbocycles. The first kappa shape index (κ1) is 9.01. The van der Waals surface area contributed by atoms with Crippen LogP contribution in [0.15, 0.2) is 22.2 Å². The molecule has 1 nitrogen and oxygen atoms in total. The van der Waals surface area contributed by atoms with E-state index in [1.165, 1.54) is 10.1 Å². The van der Waals surface area contributed by atoms with Crippen LogP contribution < -0.4 is 0 Å². The van der Waals surface area contributed by atoms with Gasteiger partial charge in [-0.2, -0.15) is 0 Å². The van der Waals surface area contributed by atoms with Crippen LogP contribution in [0.3, 0.4) is 0 Å². The van der Waals surface area contributed by atoms with Gasteiger partial charge in [0.25, 0.3) is 0 Å². The van der Waals surface area contributed by atoms with Gasteiger partial charge in [0.1, 0.15) is 0 Å². The molecule has 0 aromatic heterocycles. The Balaban J connectivity index is 2.68. The maximum atomic E-state index is 3.54. The Morgan fingerprint density at radius 3 is 2.45 bits per heavy atom. The summed E-state index contributed by atoms with van der Waals surface area (Å²) in [4.78, 5) is 2.21. The van der Waals surface area contributed by atoms with E-state index in [1.54, 1.807) is 0 Å². The van der Waals surface area contributed by atoms with Crippen LogP contribution in [0.4, 0.5) is 0 Å². The summed E-state index contributed by atoms with van der Waals surface area (Å²) >= 11 is 3.54. The normalized spacial score (nSPS) is 20.1. The molecule has 0 saturated carbocycles. The SMILES string of the molecule is C[C@H](C1=CCC=C1Br)N(C)C. The highest BCUT2D eigenvalue weighted by Crippen LogP contribution is 2.28. The van der Waals surface area contributed by atoms with Crippen molar-refractivity contribution in [3.8, 4) is 0 Å². The lowest BCUT2D eigenvalue weighted by Crippen LogP contribution is -2.26. The van der Waals surface area contributed by atoms with Gasteiger partial charge < -0.3 is 4.90 Å². The average molecular weight is 216 g/mol. The lowest BCUT2D eigenvalue weighted by molar-refractivity contribution is 0.354. The number of hydrogen-bond donors (Lipinski definition) is 0. The lowest BCUT2D eigenvalue weighted by Gasteiger charge is -2.21. The topological polar surface area (TPSA) is 3.24 Å². The van der Waals surface area contributed by atoms with Crippen LogP contribution in [-0.2, 0) is 0 Å². The monoisotopic (exact) mass is 215 g/mol. The maximum absolute atomic E-state index is 3.54. The quantitative estimate of drug-likeness (QED) is 0.685. The Morgan fingerprint density at radius 2 is 2.09 bits per heavy atom. The van der Waals surface area contributed by atoms with E-state index in [1.807, 2.05) is 0 Å². The fraction of sp³-hybridized carbons (Fsp3) is 0.556. The first-order chi connectivity index (χ1) is 5.13. The number of rotatable bonds is 2. The van der Waals surface area contributed by atoms with Crippen LogP contribution in [-0.4, -0.2) is 25.0 Å². The molecule has 1 rings (SSSR count). The van der Waals surface area contributed by atoms with Gasteiger partial charge in [0, 0.05) is 10.5 Å². The van der Waals surface area contributed by atoms with Gasteiger partial charge in [-0.05, 0) is 33.0 Å². The highest BCUT2D eigenvalue weighted by atomic mass is 79.9. The molecule has 0 fully saturated rings. The van der Waals surface area contributed by atoms with E-state index in [2.05, 4.69) is 54.0 Å². The fourth-order valence-corrected chi connectivity index (χ4v) is 1.83. The zero-order chi connectivity index (χ0) is 8.43. The summed E-state index contributed by atoms with van der Waals surface area (Å²) in [6, 6.07) is 0.517. The highest BCUT2D eigenvalue weighted by molar-refractivity contribution is 9.12. The first-order valence-electron chi connectivity index (χ1n) is 3.85. The van der Waals surface area contributed by atoms with Gasteiger partial charge in [-0.3, -0.25) is 0 Å². The Morgan fingerprint density at radius 1 is 1.45 bits per heavy atom. The van der Waals surface area contributed by atoms with Crippen molar-refractivity contribution in [3.63, 3.8) is 0 Å². The van der Waals surface area contributed by atoms with Gasteiger partial charge >= 0.3 is 0 Å². The third-order valence-electron chi connectivity index (χ3n) is 2.14. The van der Waals surface area contributed by atoms with Crippen molar-refractivity contribution in [2.45, 2.75) is 19.4 Å². The Bertz CT molecular complexity index is 204. The van der Waals surface area contributed by atoms with E-state index < -0.39 is 0 Å². The molecule has 0 radical (unpaired) electrons. The smallest absolute Gasteiger partial charge is 0.0321 e. The molecule has 0 amide bonds. The van der Waals surface area contributed by atoms with Crippen molar-refractivity contribution in [2.24, 2.45) is 0 Å². The minimum Gasteiger partial charge on any atom is -0.303 e. The molecule has 0 unspecified atom stereocenters. The molecule has 0 heterocycles. The summed E-state index contributed by atoms with van der Waals surface area (Å²) in [5.41, 5.74) is 1.41. The third-order valence-corrected chi connectivity index (χ3v) is 2.92. The molecule has 0 saturated heterocycles. The minimum absolute atomic E-state index is 0.517. The summed E-state index contributed by atoms with van der Waals surface area (Å²) in [7, 11) is 4.20. The van der Waals surface area contributed by atoms with Crippen LogP contribution in [0.2, 0.25) is 0 Å². The van der Waals surface area contributed by atoms with Gasteiger partial charge in [0.15, 0.2) is 0 Å². The number of likely N-dealkylation sites (N-methyl/N-ethyl adjacent to an activating group) is 1. The molecule has 0 spiro atoms. The molecule has 0 aliphatic heterocycles. The van der Waals surface area contributed by atoms with Gasteiger partial charge in [-0.25, -0.2) is 0 Å². The van der Waals surface area contributed by atoms with Crippen molar-refractivity contribution in [1.82, 2.24) is 4.90 Å². The molecule has 1 aliphatic rings. The highest BCUT2D eigenvalue weighted by Gasteiger charge is 2.15. The molecule has 0 aromatic rings. The first-order valence-corrected chi connectivity index (χ1v) is 4.64. The maximum Gasteiger partial charge on any atom is 0.0321 e. The van der Waals surface area contributed by atoms with Gasteiger partial charge in [0.05, 0.1) is 0 Å². The molecule has 0 bridgehead atoms. The van der Waals surface area contributed by atoms with E-state index in [0.29, 0.717) is 6.04 Å². The predicted octanol–water partition coefficient (Wildman–Crippen LogP) is 2.55. The van der Waals surface area contributed by atoms with E-state index >= 15 is 0 Å². The number of nitrogens with zero attached hydrogens (tertiary/aromatic N) is 1. The molecular formula is C9H14BrN. The van der Waals surface area contributed by atoms with E-state index in [0.717, 1.165) is 6.42 Å². The van der Waals surface area contributed by atoms with Crippen LogP contribution >= 0.6 is 15.9 Å². The summed E-state index contributed by atoms with van der Waals surface area (Å²) in [6.07, 6.45) is 5.55. The van der Waals surface area contributed by atoms with Crippen LogP contribution in [0.25, 0.3) is 0 Å². The van der Waals surface area contributed by atoms with Crippen LogP contribution in [0.1, 0.15) is 13.3 Å². The lowest BCUT2D eigenvalue weighted by atomic mass is 10.1. The van der Waals surface area contributed by atoms with E-state index in [4.69, 9.17) is 0 Å². The van der Waals surface area contributed by atoms with Crippen LogP contribution in [0.5, 0.6) is 0 Å². The minimum atomic E-state index is 0.517. The van der Waals surface area contributed by atoms with Crippen LogP contribution in [0, 0.1) is 0 Å². The van der Waals surface area contributed by atoms with Crippen molar-refractivity contribution in [2.75, 3.05) is 14.1 Å². The van der Waals surface area contributed by atoms with E-state index in [-0.39, 0.29) is 0 Å². The third kappa shape index (κ3) is 1.94. The predicted molar refractivity (Wildman–Crippen MR) is 52.9 cm³/mol. The zero-order valence-corrected chi connectivity index (χ0v) is 8.85. The Kier molecular flexibility index (Phi) is 2.90. The summed E-state index contributed by atoms with van der Waals surface area (Å²) < 4.78 is 1.26. The largest absolute Gasteiger partial charge is 0.303 e. The molecule has 0 N–H and O–H groups in total. The van der Waals surface area contributed by atoms with Gasteiger partial charge in [-0.15, -0.1) is 0 Å². The second-order valence-electron chi connectivity index (χ2n) is 3.09. The van der Waals surface area contributed by atoms with E-state index in [9.17, 15) is 0 Å². The summed E-state index contributed by atoms with van der Waals surface area (Å²) in [6.45, 7) is 2.21. The summed E-state index contributed by atoms with van der Waals surface area (Å²) in [5.74, 6) is 0. The molecule has 1 atom stereocenters. The molecule has 2 heteroatoms. The van der Waals surface area contributed by atoms with Crippen molar-refractivity contribution >= 4 is 15.9 Å². The second-order valence-corrected chi connectivity index (χ2v) is 3.94. The van der Waals surface area contributed by atoms with Crippen molar-refractivity contribution in [1.29, 1.82) is 0 Å². The summed E-state index contributed by atoms with van der Waals surface area (Å²) in [5, 5.41) is 0. The second kappa shape index (κ2) is 3.55. The Labute approximate surface area is 76.9 Å². The Hall–Kier alpha value is -0.0800. The molecular weight excluding hydrogens is 202 g/mol.